The molecular weight excluding hydrogens is 446 g/mol. The van der Waals surface area contributed by atoms with E-state index in [4.69, 9.17) is 14.7 Å². The number of ether oxygens (including phenoxy) is 1. The Morgan fingerprint density at radius 2 is 1.91 bits per heavy atom. The minimum atomic E-state index is -0.558. The van der Waals surface area contributed by atoms with Crippen LogP contribution in [0.15, 0.2) is 35.1 Å². The van der Waals surface area contributed by atoms with Crippen molar-refractivity contribution in [3.63, 3.8) is 0 Å². The predicted molar refractivity (Wildman–Crippen MR) is 137 cm³/mol. The second kappa shape index (κ2) is 9.59. The van der Waals surface area contributed by atoms with Crippen molar-refractivity contribution in [1.29, 1.82) is 0 Å². The molecule has 1 amide bonds. The number of carbonyl (C=O) groups is 1. The minimum absolute atomic E-state index is 0.0864. The lowest BCUT2D eigenvalue weighted by Gasteiger charge is -2.34. The standard InChI is InChI=1S/C25H35N7O3/c1-25(2,3)35-24(34)26-18-13-10-14-31(16-18)23-28-20-19(21(33)30(6)22(27-20)29(4)5)32(23)15-17-11-8-7-9-12-17/h7-9,11-12,18H,10,13-16H2,1-6H3,(H,26,34). The molecule has 1 fully saturated rings. The van der Waals surface area contributed by atoms with Crippen LogP contribution in [0.5, 0.6) is 0 Å². The Morgan fingerprint density at radius 3 is 2.57 bits per heavy atom. The molecule has 1 N–H and O–H groups in total. The molecule has 0 spiro atoms. The third-order valence-electron chi connectivity index (χ3n) is 5.95. The molecule has 1 aromatic carbocycles. The van der Waals surface area contributed by atoms with E-state index in [0.717, 1.165) is 24.9 Å². The Kier molecular flexibility index (Phi) is 6.73. The van der Waals surface area contributed by atoms with E-state index in [1.807, 2.05) is 69.8 Å². The van der Waals surface area contributed by atoms with Gasteiger partial charge in [-0.1, -0.05) is 30.3 Å². The summed E-state index contributed by atoms with van der Waals surface area (Å²) in [6.07, 6.45) is 1.30. The summed E-state index contributed by atoms with van der Waals surface area (Å²) in [6, 6.07) is 9.91. The largest absolute Gasteiger partial charge is 0.444 e. The van der Waals surface area contributed by atoms with E-state index in [1.165, 1.54) is 0 Å². The first-order chi connectivity index (χ1) is 16.5. The molecular formula is C25H35N7O3. The minimum Gasteiger partial charge on any atom is -0.444 e. The van der Waals surface area contributed by atoms with Crippen molar-refractivity contribution < 1.29 is 9.53 Å². The molecule has 4 rings (SSSR count). The number of aromatic nitrogens is 4. The van der Waals surface area contributed by atoms with Crippen molar-refractivity contribution in [3.8, 4) is 0 Å². The highest BCUT2D eigenvalue weighted by atomic mass is 16.6. The molecule has 0 radical (unpaired) electrons. The molecule has 1 atom stereocenters. The third kappa shape index (κ3) is 5.41. The number of anilines is 2. The summed E-state index contributed by atoms with van der Waals surface area (Å²) < 4.78 is 8.96. The smallest absolute Gasteiger partial charge is 0.407 e. The average Bonchev–Trinajstić information content (AvgIpc) is 3.14. The van der Waals surface area contributed by atoms with Gasteiger partial charge in [-0.25, -0.2) is 4.79 Å². The van der Waals surface area contributed by atoms with Gasteiger partial charge in [-0.15, -0.1) is 0 Å². The average molecular weight is 482 g/mol. The van der Waals surface area contributed by atoms with Gasteiger partial charge in [0.15, 0.2) is 11.2 Å². The van der Waals surface area contributed by atoms with E-state index in [-0.39, 0.29) is 11.6 Å². The molecule has 1 saturated heterocycles. The van der Waals surface area contributed by atoms with Crippen molar-refractivity contribution in [2.45, 2.75) is 51.8 Å². The SMILES string of the molecule is CN(C)c1nc2nc(N3CCCC(NC(=O)OC(C)(C)C)C3)n(Cc3ccccc3)c2c(=O)n1C. The number of fused-ring (bicyclic) bond motifs is 1. The Bertz CT molecular complexity index is 1260. The van der Waals surface area contributed by atoms with E-state index in [2.05, 4.69) is 10.2 Å². The lowest BCUT2D eigenvalue weighted by molar-refractivity contribution is 0.0500. The zero-order valence-corrected chi connectivity index (χ0v) is 21.4. The van der Waals surface area contributed by atoms with Crippen LogP contribution in [0.25, 0.3) is 11.2 Å². The summed E-state index contributed by atoms with van der Waals surface area (Å²) in [7, 11) is 5.44. The zero-order valence-electron chi connectivity index (χ0n) is 21.4. The van der Waals surface area contributed by atoms with Crippen LogP contribution in [-0.4, -0.2) is 64.0 Å². The highest BCUT2D eigenvalue weighted by Crippen LogP contribution is 2.25. The Labute approximate surface area is 205 Å². The number of rotatable bonds is 5. The summed E-state index contributed by atoms with van der Waals surface area (Å²) in [5.41, 5.74) is 1.25. The number of piperidine rings is 1. The topological polar surface area (TPSA) is 97.5 Å². The molecule has 1 unspecified atom stereocenters. The zero-order chi connectivity index (χ0) is 25.3. The number of imidazole rings is 1. The van der Waals surface area contributed by atoms with Gasteiger partial charge in [-0.05, 0) is 39.2 Å². The van der Waals surface area contributed by atoms with Crippen LogP contribution in [0, 0.1) is 0 Å². The lowest BCUT2D eigenvalue weighted by Crippen LogP contribution is -2.49. The molecule has 2 aromatic heterocycles. The molecule has 10 heteroatoms. The fraction of sp³-hybridized carbons (Fsp3) is 0.520. The second-order valence-corrected chi connectivity index (χ2v) is 10.3. The fourth-order valence-corrected chi connectivity index (χ4v) is 4.45. The van der Waals surface area contributed by atoms with Crippen molar-refractivity contribution in [1.82, 2.24) is 24.4 Å². The molecule has 1 aliphatic rings. The first-order valence-electron chi connectivity index (χ1n) is 12.0. The Hall–Kier alpha value is -3.56. The highest BCUT2D eigenvalue weighted by molar-refractivity contribution is 5.76. The maximum absolute atomic E-state index is 13.4. The number of hydrogen-bond acceptors (Lipinski definition) is 7. The van der Waals surface area contributed by atoms with Gasteiger partial charge in [0.1, 0.15) is 5.60 Å². The molecule has 1 aliphatic heterocycles. The van der Waals surface area contributed by atoms with Crippen LogP contribution in [-0.2, 0) is 18.3 Å². The molecule has 0 aliphatic carbocycles. The van der Waals surface area contributed by atoms with Crippen molar-refractivity contribution in [2.24, 2.45) is 7.05 Å². The predicted octanol–water partition coefficient (Wildman–Crippen LogP) is 2.74. The maximum atomic E-state index is 13.4. The van der Waals surface area contributed by atoms with Crippen molar-refractivity contribution in [2.75, 3.05) is 37.0 Å². The number of alkyl carbamates (subject to hydrolysis) is 1. The molecule has 35 heavy (non-hydrogen) atoms. The normalized spacial score (nSPS) is 16.4. The number of amides is 1. The Morgan fingerprint density at radius 1 is 1.20 bits per heavy atom. The van der Waals surface area contributed by atoms with E-state index in [9.17, 15) is 9.59 Å². The monoisotopic (exact) mass is 481 g/mol. The van der Waals surface area contributed by atoms with E-state index in [1.54, 1.807) is 16.5 Å². The van der Waals surface area contributed by atoms with Gasteiger partial charge in [0.2, 0.25) is 11.9 Å². The molecule has 10 nitrogen and oxygen atoms in total. The quantitative estimate of drug-likeness (QED) is 0.598. The lowest BCUT2D eigenvalue weighted by atomic mass is 10.1. The van der Waals surface area contributed by atoms with Gasteiger partial charge in [-0.2, -0.15) is 9.97 Å². The summed E-state index contributed by atoms with van der Waals surface area (Å²) in [5, 5.41) is 2.99. The number of hydrogen-bond donors (Lipinski definition) is 1. The Balaban J connectivity index is 1.73. The fourth-order valence-electron chi connectivity index (χ4n) is 4.45. The van der Waals surface area contributed by atoms with Crippen LogP contribution in [0.4, 0.5) is 16.7 Å². The number of nitrogens with one attached hydrogen (secondary N) is 1. The van der Waals surface area contributed by atoms with Crippen LogP contribution in [0.2, 0.25) is 0 Å². The van der Waals surface area contributed by atoms with Crippen LogP contribution in [0.1, 0.15) is 39.2 Å². The second-order valence-electron chi connectivity index (χ2n) is 10.3. The highest BCUT2D eigenvalue weighted by Gasteiger charge is 2.29. The molecule has 0 bridgehead atoms. The van der Waals surface area contributed by atoms with Gasteiger partial charge in [0, 0.05) is 40.3 Å². The van der Waals surface area contributed by atoms with Crippen molar-refractivity contribution in [3.05, 3.63) is 46.2 Å². The van der Waals surface area contributed by atoms with Crippen molar-refractivity contribution >= 4 is 29.2 Å². The summed E-state index contributed by atoms with van der Waals surface area (Å²) in [6.45, 7) is 7.37. The van der Waals surface area contributed by atoms with Crippen LogP contribution < -0.4 is 20.7 Å². The first-order valence-corrected chi connectivity index (χ1v) is 12.0. The molecule has 188 valence electrons. The summed E-state index contributed by atoms with van der Waals surface area (Å²) in [5.74, 6) is 1.22. The van der Waals surface area contributed by atoms with Gasteiger partial charge < -0.3 is 19.9 Å². The third-order valence-corrected chi connectivity index (χ3v) is 5.95. The first kappa shape index (κ1) is 24.6. The molecule has 3 heterocycles. The molecule has 0 saturated carbocycles. The van der Waals surface area contributed by atoms with Gasteiger partial charge in [-0.3, -0.25) is 13.9 Å². The maximum Gasteiger partial charge on any atom is 0.407 e. The van der Waals surface area contributed by atoms with Gasteiger partial charge in [0.05, 0.1) is 6.54 Å². The van der Waals surface area contributed by atoms with Gasteiger partial charge in [0.25, 0.3) is 5.56 Å². The number of benzene rings is 1. The summed E-state index contributed by atoms with van der Waals surface area (Å²) >= 11 is 0. The number of carbonyl (C=O) groups excluding carboxylic acids is 1. The number of nitrogens with zero attached hydrogens (tertiary/aromatic N) is 6. The van der Waals surface area contributed by atoms with Crippen LogP contribution in [0.3, 0.4) is 0 Å². The van der Waals surface area contributed by atoms with Gasteiger partial charge >= 0.3 is 6.09 Å². The molecule has 3 aromatic rings. The van der Waals surface area contributed by atoms with E-state index < -0.39 is 11.7 Å². The van der Waals surface area contributed by atoms with E-state index in [0.29, 0.717) is 36.2 Å². The summed E-state index contributed by atoms with van der Waals surface area (Å²) in [4.78, 5) is 39.3. The van der Waals surface area contributed by atoms with Crippen LogP contribution >= 0.6 is 0 Å². The van der Waals surface area contributed by atoms with E-state index >= 15 is 0 Å².